The first kappa shape index (κ1) is 23.7. The van der Waals surface area contributed by atoms with Crippen molar-refractivity contribution >= 4 is 11.8 Å². The molecule has 0 radical (unpaired) electrons. The Hall–Kier alpha value is -4.04. The first-order valence-electron chi connectivity index (χ1n) is 11.4. The zero-order chi connectivity index (χ0) is 25.7. The van der Waals surface area contributed by atoms with Gasteiger partial charge in [-0.3, -0.25) is 9.59 Å². The number of hydrogen-bond donors (Lipinski definition) is 1. The second-order valence-electron chi connectivity index (χ2n) is 8.75. The Morgan fingerprint density at radius 3 is 2.14 bits per heavy atom. The van der Waals surface area contributed by atoms with Crippen LogP contribution in [0.3, 0.4) is 0 Å². The van der Waals surface area contributed by atoms with E-state index in [1.165, 1.54) is 27.4 Å². The number of benzene rings is 3. The molecule has 186 valence electrons. The highest BCUT2D eigenvalue weighted by Gasteiger charge is 2.77. The van der Waals surface area contributed by atoms with E-state index in [9.17, 15) is 14.7 Å². The molecular formula is C28H26O8. The molecular weight excluding hydrogens is 464 g/mol. The van der Waals surface area contributed by atoms with Gasteiger partial charge in [0.1, 0.15) is 28.9 Å². The molecule has 8 heteroatoms. The van der Waals surface area contributed by atoms with Crippen LogP contribution in [0.15, 0.2) is 66.7 Å². The molecule has 4 atom stereocenters. The number of methoxy groups -OCH3 is 4. The summed E-state index contributed by atoms with van der Waals surface area (Å²) in [6, 6.07) is 19.0. The Morgan fingerprint density at radius 1 is 0.889 bits per heavy atom. The fraction of sp³-hybridized carbons (Fsp3) is 0.286. The minimum Gasteiger partial charge on any atom is -0.497 e. The molecule has 8 nitrogen and oxygen atoms in total. The van der Waals surface area contributed by atoms with Gasteiger partial charge in [-0.25, -0.2) is 0 Å². The molecule has 1 fully saturated rings. The summed E-state index contributed by atoms with van der Waals surface area (Å²) in [5.74, 6) is -2.37. The molecule has 0 saturated heterocycles. The van der Waals surface area contributed by atoms with Crippen LogP contribution in [0.2, 0.25) is 0 Å². The largest absolute Gasteiger partial charge is 0.497 e. The molecule has 0 amide bonds. The van der Waals surface area contributed by atoms with E-state index in [0.29, 0.717) is 22.6 Å². The van der Waals surface area contributed by atoms with Crippen molar-refractivity contribution < 1.29 is 38.4 Å². The number of ketones is 1. The molecule has 1 aliphatic heterocycles. The topological polar surface area (TPSA) is 101 Å². The van der Waals surface area contributed by atoms with Gasteiger partial charge in [-0.2, -0.15) is 0 Å². The van der Waals surface area contributed by atoms with Gasteiger partial charge in [0.25, 0.3) is 0 Å². The van der Waals surface area contributed by atoms with E-state index in [0.717, 1.165) is 0 Å². The number of fused-ring (bicyclic) bond motifs is 4. The molecule has 1 saturated carbocycles. The first-order valence-corrected chi connectivity index (χ1v) is 11.4. The number of aliphatic hydroxyl groups is 1. The van der Waals surface area contributed by atoms with Crippen LogP contribution in [0.4, 0.5) is 0 Å². The summed E-state index contributed by atoms with van der Waals surface area (Å²) in [5, 5.41) is 12.4. The molecule has 1 heterocycles. The third-order valence-electron chi connectivity index (χ3n) is 7.18. The van der Waals surface area contributed by atoms with Crippen molar-refractivity contribution in [3.63, 3.8) is 0 Å². The van der Waals surface area contributed by atoms with Crippen molar-refractivity contribution in [2.45, 2.75) is 17.1 Å². The molecule has 1 unspecified atom stereocenters. The quantitative estimate of drug-likeness (QED) is 0.525. The molecule has 3 aromatic rings. The summed E-state index contributed by atoms with van der Waals surface area (Å²) in [4.78, 5) is 27.9. The van der Waals surface area contributed by atoms with Crippen molar-refractivity contribution in [1.29, 1.82) is 0 Å². The Labute approximate surface area is 208 Å². The van der Waals surface area contributed by atoms with Crippen LogP contribution in [-0.4, -0.2) is 45.3 Å². The van der Waals surface area contributed by atoms with Crippen LogP contribution in [0.25, 0.3) is 0 Å². The molecule has 36 heavy (non-hydrogen) atoms. The molecule has 0 spiro atoms. The zero-order valence-corrected chi connectivity index (χ0v) is 20.3. The number of rotatable bonds is 6. The fourth-order valence-electron chi connectivity index (χ4n) is 5.62. The SMILES string of the molecule is COC(=O)[C@H]1C(c2ccccc2)[C@]2(c3ccc(OC)cc3)Oc3cc(OC)cc(OC)c3[C@@]1(O)C2=O. The van der Waals surface area contributed by atoms with Crippen LogP contribution in [0.5, 0.6) is 23.0 Å². The summed E-state index contributed by atoms with van der Waals surface area (Å²) in [5.41, 5.74) is -2.91. The molecule has 0 aromatic heterocycles. The Kier molecular flexibility index (Phi) is 5.64. The van der Waals surface area contributed by atoms with Crippen LogP contribution >= 0.6 is 0 Å². The highest BCUT2D eigenvalue weighted by molar-refractivity contribution is 6.07. The maximum Gasteiger partial charge on any atom is 0.313 e. The van der Waals surface area contributed by atoms with E-state index >= 15 is 0 Å². The Balaban J connectivity index is 1.90. The van der Waals surface area contributed by atoms with Gasteiger partial charge in [0, 0.05) is 17.7 Å². The monoisotopic (exact) mass is 490 g/mol. The summed E-state index contributed by atoms with van der Waals surface area (Å²) >= 11 is 0. The van der Waals surface area contributed by atoms with Crippen molar-refractivity contribution in [2.24, 2.45) is 5.92 Å². The summed E-state index contributed by atoms with van der Waals surface area (Å²) in [6.45, 7) is 0. The van der Waals surface area contributed by atoms with Crippen LogP contribution in [0.1, 0.15) is 22.6 Å². The van der Waals surface area contributed by atoms with E-state index in [1.807, 2.05) is 6.07 Å². The van der Waals surface area contributed by atoms with E-state index < -0.39 is 34.8 Å². The third-order valence-corrected chi connectivity index (χ3v) is 7.18. The summed E-state index contributed by atoms with van der Waals surface area (Å²) in [7, 11) is 5.67. The van der Waals surface area contributed by atoms with Gasteiger partial charge in [-0.15, -0.1) is 0 Å². The van der Waals surface area contributed by atoms with Gasteiger partial charge in [0.15, 0.2) is 5.60 Å². The standard InChI is InChI=1S/C28H26O8/c1-32-18-12-10-17(11-13-18)28-22(16-8-6-5-7-9-16)24(25(29)35-4)27(31,26(28)30)23-20(34-3)14-19(33-2)15-21(23)36-28/h5-15,22,24,31H,1-4H3/t22?,24-,27+,28+/m1/s1. The highest BCUT2D eigenvalue weighted by atomic mass is 16.5. The van der Waals surface area contributed by atoms with E-state index in [2.05, 4.69) is 0 Å². The number of hydrogen-bond acceptors (Lipinski definition) is 8. The van der Waals surface area contributed by atoms with Crippen LogP contribution in [0, 0.1) is 5.92 Å². The molecule has 3 aromatic carbocycles. The number of carbonyl (C=O) groups is 2. The molecule has 1 aliphatic carbocycles. The lowest BCUT2D eigenvalue weighted by molar-refractivity contribution is -0.162. The van der Waals surface area contributed by atoms with Gasteiger partial charge >= 0.3 is 5.97 Å². The minimum atomic E-state index is -2.31. The summed E-state index contributed by atoms with van der Waals surface area (Å²) < 4.78 is 28.0. The predicted octanol–water partition coefficient (Wildman–Crippen LogP) is 3.34. The molecule has 2 bridgehead atoms. The maximum absolute atomic E-state index is 14.5. The third kappa shape index (κ3) is 3.04. The number of carbonyl (C=O) groups excluding carboxylic acids is 2. The van der Waals surface area contributed by atoms with Gasteiger partial charge in [0.2, 0.25) is 11.4 Å². The molecule has 2 aliphatic rings. The second kappa shape index (κ2) is 8.57. The minimum absolute atomic E-state index is 0.0637. The van der Waals surface area contributed by atoms with Gasteiger partial charge in [-0.05, 0) is 17.7 Å². The Bertz CT molecular complexity index is 1320. The summed E-state index contributed by atoms with van der Waals surface area (Å²) in [6.07, 6.45) is 0. The smallest absolute Gasteiger partial charge is 0.313 e. The molecule has 1 N–H and O–H groups in total. The van der Waals surface area contributed by atoms with Crippen molar-refractivity contribution in [3.8, 4) is 23.0 Å². The van der Waals surface area contributed by atoms with Gasteiger partial charge in [0.05, 0.1) is 39.9 Å². The maximum atomic E-state index is 14.5. The van der Waals surface area contributed by atoms with Crippen molar-refractivity contribution in [2.75, 3.05) is 28.4 Å². The Morgan fingerprint density at radius 2 is 1.56 bits per heavy atom. The lowest BCUT2D eigenvalue weighted by atomic mass is 9.75. The van der Waals surface area contributed by atoms with Crippen LogP contribution in [-0.2, 0) is 25.5 Å². The van der Waals surface area contributed by atoms with Crippen LogP contribution < -0.4 is 18.9 Å². The predicted molar refractivity (Wildman–Crippen MR) is 128 cm³/mol. The zero-order valence-electron chi connectivity index (χ0n) is 20.3. The number of esters is 1. The van der Waals surface area contributed by atoms with Gasteiger partial charge in [-0.1, -0.05) is 42.5 Å². The molecule has 5 rings (SSSR count). The first-order chi connectivity index (χ1) is 17.4. The normalized spacial score (nSPS) is 26.0. The average molecular weight is 491 g/mol. The lowest BCUT2D eigenvalue weighted by Crippen LogP contribution is -2.51. The number of Topliss-reactive ketones (excluding diaryl/α,β-unsaturated/α-hetero) is 1. The highest BCUT2D eigenvalue weighted by Crippen LogP contribution is 2.66. The lowest BCUT2D eigenvalue weighted by Gasteiger charge is -2.40. The fourth-order valence-corrected chi connectivity index (χ4v) is 5.62. The number of ether oxygens (including phenoxy) is 5. The van der Waals surface area contributed by atoms with E-state index in [4.69, 9.17) is 23.7 Å². The van der Waals surface area contributed by atoms with E-state index in [1.54, 1.807) is 61.7 Å². The second-order valence-corrected chi connectivity index (χ2v) is 8.75. The van der Waals surface area contributed by atoms with Crippen molar-refractivity contribution in [1.82, 2.24) is 0 Å². The average Bonchev–Trinajstić information content (AvgIpc) is 3.05. The van der Waals surface area contributed by atoms with Crippen molar-refractivity contribution in [3.05, 3.63) is 83.4 Å². The van der Waals surface area contributed by atoms with Gasteiger partial charge < -0.3 is 28.8 Å². The van der Waals surface area contributed by atoms with E-state index in [-0.39, 0.29) is 17.1 Å².